The number of thiophene rings is 1. The van der Waals surface area contributed by atoms with Gasteiger partial charge in [0.25, 0.3) is 0 Å². The van der Waals surface area contributed by atoms with Crippen LogP contribution in [-0.4, -0.2) is 33.8 Å². The monoisotopic (exact) mass is 448 g/mol. The number of esters is 1. The van der Waals surface area contributed by atoms with Gasteiger partial charge < -0.3 is 10.1 Å². The number of anilines is 1. The van der Waals surface area contributed by atoms with Crippen LogP contribution in [0.15, 0.2) is 36.5 Å². The highest BCUT2D eigenvalue weighted by Crippen LogP contribution is 2.33. The molecule has 0 saturated heterocycles. The van der Waals surface area contributed by atoms with E-state index >= 15 is 0 Å². The normalized spacial score (nSPS) is 11.0. The molecule has 8 heteroatoms. The van der Waals surface area contributed by atoms with Gasteiger partial charge in [0.15, 0.2) is 5.65 Å². The van der Waals surface area contributed by atoms with E-state index in [1.54, 1.807) is 10.9 Å². The fraction of sp³-hybridized carbons (Fsp3) is 0.250. The number of benzene rings is 1. The molecule has 4 rings (SSSR count). The summed E-state index contributed by atoms with van der Waals surface area (Å²) in [6.45, 7) is 7.70. The average Bonchev–Trinajstić information content (AvgIpc) is 3.23. The van der Waals surface area contributed by atoms with Crippen LogP contribution in [0.4, 0.5) is 5.00 Å². The lowest BCUT2D eigenvalue weighted by atomic mass is 10.0. The highest BCUT2D eigenvalue weighted by molar-refractivity contribution is 7.16. The molecule has 1 amide bonds. The molecular formula is C24H24N4O3S. The molecule has 0 saturated carbocycles. The molecule has 1 N–H and O–H groups in total. The number of pyridine rings is 1. The summed E-state index contributed by atoms with van der Waals surface area (Å²) < 4.78 is 6.49. The number of rotatable bonds is 5. The standard InChI is InChI=1S/C24H24N4O3S/c1-13-7-6-8-17(11-13)18-9-10-25-22-21(18)15(3)27-28(22)12-19(29)26-23-20(24(30)31-5)14(2)16(4)32-23/h6-11H,12H2,1-5H3,(H,26,29). The fourth-order valence-electron chi connectivity index (χ4n) is 3.81. The maximum Gasteiger partial charge on any atom is 0.341 e. The zero-order valence-electron chi connectivity index (χ0n) is 18.6. The number of amides is 1. The van der Waals surface area contributed by atoms with E-state index in [2.05, 4.69) is 40.5 Å². The van der Waals surface area contributed by atoms with Gasteiger partial charge in [0.1, 0.15) is 11.5 Å². The quantitative estimate of drug-likeness (QED) is 0.443. The van der Waals surface area contributed by atoms with Gasteiger partial charge in [-0.05, 0) is 50.5 Å². The Morgan fingerprint density at radius 1 is 1.16 bits per heavy atom. The van der Waals surface area contributed by atoms with Gasteiger partial charge in [-0.15, -0.1) is 11.3 Å². The Bertz CT molecular complexity index is 1350. The molecule has 3 aromatic heterocycles. The highest BCUT2D eigenvalue weighted by atomic mass is 32.1. The average molecular weight is 449 g/mol. The van der Waals surface area contributed by atoms with Crippen molar-refractivity contribution in [2.75, 3.05) is 12.4 Å². The van der Waals surface area contributed by atoms with Crippen molar-refractivity contribution in [3.63, 3.8) is 0 Å². The van der Waals surface area contributed by atoms with Gasteiger partial charge >= 0.3 is 5.97 Å². The number of carbonyl (C=O) groups excluding carboxylic acids is 2. The number of aryl methyl sites for hydroxylation is 3. The summed E-state index contributed by atoms with van der Waals surface area (Å²) >= 11 is 1.36. The Hall–Kier alpha value is -3.52. The van der Waals surface area contributed by atoms with Gasteiger partial charge in [0.2, 0.25) is 5.91 Å². The van der Waals surface area contributed by atoms with E-state index in [-0.39, 0.29) is 12.5 Å². The van der Waals surface area contributed by atoms with Crippen molar-refractivity contribution in [2.45, 2.75) is 34.2 Å². The predicted molar refractivity (Wildman–Crippen MR) is 126 cm³/mol. The third kappa shape index (κ3) is 3.89. The second-order valence-corrected chi connectivity index (χ2v) is 8.92. The first kappa shape index (κ1) is 21.7. The van der Waals surface area contributed by atoms with Crippen molar-refractivity contribution >= 4 is 39.2 Å². The molecule has 1 aromatic carbocycles. The van der Waals surface area contributed by atoms with E-state index in [0.717, 1.165) is 32.6 Å². The molecule has 0 aliphatic carbocycles. The highest BCUT2D eigenvalue weighted by Gasteiger charge is 2.22. The molecule has 7 nitrogen and oxygen atoms in total. The third-order valence-electron chi connectivity index (χ3n) is 5.46. The van der Waals surface area contributed by atoms with Crippen molar-refractivity contribution in [1.82, 2.24) is 14.8 Å². The van der Waals surface area contributed by atoms with E-state index in [1.807, 2.05) is 32.9 Å². The van der Waals surface area contributed by atoms with Crippen molar-refractivity contribution in [2.24, 2.45) is 0 Å². The molecule has 0 fully saturated rings. The molecule has 3 heterocycles. The number of hydrogen-bond acceptors (Lipinski definition) is 6. The van der Waals surface area contributed by atoms with E-state index in [4.69, 9.17) is 4.74 Å². The zero-order valence-corrected chi connectivity index (χ0v) is 19.5. The van der Waals surface area contributed by atoms with Gasteiger partial charge in [0, 0.05) is 16.5 Å². The fourth-order valence-corrected chi connectivity index (χ4v) is 4.87. The van der Waals surface area contributed by atoms with Crippen LogP contribution in [-0.2, 0) is 16.1 Å². The van der Waals surface area contributed by atoms with Crippen molar-refractivity contribution < 1.29 is 14.3 Å². The molecule has 0 unspecified atom stereocenters. The Morgan fingerprint density at radius 3 is 2.66 bits per heavy atom. The first-order chi connectivity index (χ1) is 15.3. The summed E-state index contributed by atoms with van der Waals surface area (Å²) in [4.78, 5) is 30.5. The summed E-state index contributed by atoms with van der Waals surface area (Å²) in [5.74, 6) is -0.754. The second kappa shape index (κ2) is 8.55. The minimum absolute atomic E-state index is 0.0226. The lowest BCUT2D eigenvalue weighted by molar-refractivity contribution is -0.116. The van der Waals surface area contributed by atoms with Crippen LogP contribution in [0.5, 0.6) is 0 Å². The topological polar surface area (TPSA) is 86.1 Å². The summed E-state index contributed by atoms with van der Waals surface area (Å²) in [7, 11) is 1.33. The molecule has 0 atom stereocenters. The summed E-state index contributed by atoms with van der Waals surface area (Å²) in [5, 5.41) is 8.84. The Labute approximate surface area is 190 Å². The van der Waals surface area contributed by atoms with Gasteiger partial charge in [-0.2, -0.15) is 5.10 Å². The number of aromatic nitrogens is 3. The van der Waals surface area contributed by atoms with Gasteiger partial charge in [0.05, 0.1) is 18.4 Å². The number of fused-ring (bicyclic) bond motifs is 1. The second-order valence-electron chi connectivity index (χ2n) is 7.70. The van der Waals surface area contributed by atoms with Crippen LogP contribution < -0.4 is 5.32 Å². The molecule has 164 valence electrons. The van der Waals surface area contributed by atoms with Crippen LogP contribution in [0.25, 0.3) is 22.2 Å². The minimum atomic E-state index is -0.466. The molecule has 0 aliphatic rings. The first-order valence-electron chi connectivity index (χ1n) is 10.2. The zero-order chi connectivity index (χ0) is 23.0. The van der Waals surface area contributed by atoms with Crippen LogP contribution in [0.3, 0.4) is 0 Å². The smallest absolute Gasteiger partial charge is 0.341 e. The molecule has 4 aromatic rings. The Morgan fingerprint density at radius 2 is 1.94 bits per heavy atom. The van der Waals surface area contributed by atoms with E-state index in [1.165, 1.54) is 24.0 Å². The summed E-state index contributed by atoms with van der Waals surface area (Å²) in [5.41, 5.74) is 5.92. The molecule has 0 radical (unpaired) electrons. The van der Waals surface area contributed by atoms with E-state index < -0.39 is 5.97 Å². The first-order valence-corrected chi connectivity index (χ1v) is 11.0. The molecule has 0 bridgehead atoms. The lowest BCUT2D eigenvalue weighted by Gasteiger charge is -2.08. The number of nitrogens with one attached hydrogen (secondary N) is 1. The third-order valence-corrected chi connectivity index (χ3v) is 6.58. The van der Waals surface area contributed by atoms with Crippen molar-refractivity contribution in [1.29, 1.82) is 0 Å². The van der Waals surface area contributed by atoms with Gasteiger partial charge in [-0.1, -0.05) is 29.8 Å². The number of nitrogens with zero attached hydrogens (tertiary/aromatic N) is 3. The minimum Gasteiger partial charge on any atom is -0.465 e. The lowest BCUT2D eigenvalue weighted by Crippen LogP contribution is -2.20. The number of carbonyl (C=O) groups is 2. The van der Waals surface area contributed by atoms with Crippen molar-refractivity contribution in [3.8, 4) is 11.1 Å². The van der Waals surface area contributed by atoms with Gasteiger partial charge in [-0.25, -0.2) is 14.5 Å². The van der Waals surface area contributed by atoms with Crippen LogP contribution in [0.1, 0.15) is 32.1 Å². The number of hydrogen-bond donors (Lipinski definition) is 1. The largest absolute Gasteiger partial charge is 0.465 e. The Balaban J connectivity index is 1.66. The van der Waals surface area contributed by atoms with Gasteiger partial charge in [-0.3, -0.25) is 4.79 Å². The molecule has 0 spiro atoms. The predicted octanol–water partition coefficient (Wildman–Crippen LogP) is 4.82. The number of ether oxygens (including phenoxy) is 1. The Kier molecular flexibility index (Phi) is 5.80. The maximum absolute atomic E-state index is 12.9. The van der Waals surface area contributed by atoms with Crippen LogP contribution >= 0.6 is 11.3 Å². The molecule has 32 heavy (non-hydrogen) atoms. The SMILES string of the molecule is COC(=O)c1c(NC(=O)Cn2nc(C)c3c(-c4cccc(C)c4)ccnc32)sc(C)c1C. The van der Waals surface area contributed by atoms with Crippen molar-refractivity contribution in [3.05, 3.63) is 63.8 Å². The summed E-state index contributed by atoms with van der Waals surface area (Å²) in [6, 6.07) is 10.2. The van der Waals surface area contributed by atoms with E-state index in [0.29, 0.717) is 16.2 Å². The molecule has 0 aliphatic heterocycles. The molecular weight excluding hydrogens is 424 g/mol. The van der Waals surface area contributed by atoms with Crippen LogP contribution in [0.2, 0.25) is 0 Å². The van der Waals surface area contributed by atoms with Crippen LogP contribution in [0, 0.1) is 27.7 Å². The summed E-state index contributed by atoms with van der Waals surface area (Å²) in [6.07, 6.45) is 1.73. The maximum atomic E-state index is 12.9. The van der Waals surface area contributed by atoms with E-state index in [9.17, 15) is 9.59 Å². The number of methoxy groups -OCH3 is 1.